The van der Waals surface area contributed by atoms with E-state index in [2.05, 4.69) is 11.9 Å². The van der Waals surface area contributed by atoms with Crippen molar-refractivity contribution < 1.29 is 4.79 Å². The summed E-state index contributed by atoms with van der Waals surface area (Å²) in [6.07, 6.45) is 4.31. The SMILES string of the molecule is C=C(Cc1ccc(N)cc1)NC(C=O)CCCCN. The van der Waals surface area contributed by atoms with Crippen LogP contribution in [-0.4, -0.2) is 18.9 Å². The summed E-state index contributed by atoms with van der Waals surface area (Å²) >= 11 is 0. The predicted molar refractivity (Wildman–Crippen MR) is 79.6 cm³/mol. The molecule has 0 saturated carbocycles. The molecule has 0 aliphatic heterocycles. The molecule has 0 heterocycles. The number of aldehydes is 1. The molecule has 0 radical (unpaired) electrons. The van der Waals surface area contributed by atoms with E-state index in [0.29, 0.717) is 13.0 Å². The Hall–Kier alpha value is -1.81. The van der Waals surface area contributed by atoms with Gasteiger partial charge in [0.1, 0.15) is 6.29 Å². The number of unbranched alkanes of at least 4 members (excludes halogenated alkanes) is 1. The minimum Gasteiger partial charge on any atom is -0.399 e. The number of nitrogens with two attached hydrogens (primary N) is 2. The Bertz CT molecular complexity index is 400. The molecule has 1 aromatic carbocycles. The summed E-state index contributed by atoms with van der Waals surface area (Å²) in [5.74, 6) is 0. The lowest BCUT2D eigenvalue weighted by molar-refractivity contribution is -0.109. The zero-order valence-electron chi connectivity index (χ0n) is 11.3. The van der Waals surface area contributed by atoms with E-state index in [9.17, 15) is 4.79 Å². The highest BCUT2D eigenvalue weighted by molar-refractivity contribution is 5.58. The van der Waals surface area contributed by atoms with Crippen LogP contribution in [-0.2, 0) is 11.2 Å². The third-order valence-electron chi connectivity index (χ3n) is 2.92. The van der Waals surface area contributed by atoms with Crippen molar-refractivity contribution in [1.82, 2.24) is 5.32 Å². The van der Waals surface area contributed by atoms with Gasteiger partial charge in [-0.15, -0.1) is 0 Å². The number of hydrogen-bond donors (Lipinski definition) is 3. The zero-order chi connectivity index (χ0) is 14.1. The van der Waals surface area contributed by atoms with Gasteiger partial charge in [-0.1, -0.05) is 18.7 Å². The number of nitrogen functional groups attached to an aromatic ring is 1. The van der Waals surface area contributed by atoms with Gasteiger partial charge < -0.3 is 21.6 Å². The van der Waals surface area contributed by atoms with Gasteiger partial charge >= 0.3 is 0 Å². The van der Waals surface area contributed by atoms with Crippen molar-refractivity contribution in [3.8, 4) is 0 Å². The number of hydrogen-bond acceptors (Lipinski definition) is 4. The van der Waals surface area contributed by atoms with Gasteiger partial charge in [-0.2, -0.15) is 0 Å². The van der Waals surface area contributed by atoms with Crippen molar-refractivity contribution >= 4 is 12.0 Å². The lowest BCUT2D eigenvalue weighted by atomic mass is 10.1. The first-order valence-corrected chi connectivity index (χ1v) is 6.59. The molecule has 0 aliphatic carbocycles. The number of allylic oxidation sites excluding steroid dienone is 1. The van der Waals surface area contributed by atoms with Crippen molar-refractivity contribution in [2.45, 2.75) is 31.7 Å². The van der Waals surface area contributed by atoms with Gasteiger partial charge in [0.15, 0.2) is 0 Å². The Morgan fingerprint density at radius 1 is 1.32 bits per heavy atom. The van der Waals surface area contributed by atoms with Crippen molar-refractivity contribution in [2.75, 3.05) is 12.3 Å². The molecule has 5 N–H and O–H groups in total. The molecule has 0 fully saturated rings. The number of rotatable bonds is 9. The van der Waals surface area contributed by atoms with E-state index in [-0.39, 0.29) is 6.04 Å². The molecule has 4 heteroatoms. The molecule has 19 heavy (non-hydrogen) atoms. The van der Waals surface area contributed by atoms with Crippen LogP contribution in [0.3, 0.4) is 0 Å². The minimum atomic E-state index is -0.173. The van der Waals surface area contributed by atoms with Crippen LogP contribution in [0.2, 0.25) is 0 Å². The van der Waals surface area contributed by atoms with Crippen molar-refractivity contribution in [2.24, 2.45) is 5.73 Å². The highest BCUT2D eigenvalue weighted by Gasteiger charge is 2.07. The summed E-state index contributed by atoms with van der Waals surface area (Å²) in [6, 6.07) is 7.48. The van der Waals surface area contributed by atoms with Gasteiger partial charge in [-0.3, -0.25) is 0 Å². The number of anilines is 1. The Balaban J connectivity index is 2.40. The van der Waals surface area contributed by atoms with Crippen molar-refractivity contribution in [3.63, 3.8) is 0 Å². The fraction of sp³-hybridized carbons (Fsp3) is 0.400. The van der Waals surface area contributed by atoms with E-state index >= 15 is 0 Å². The smallest absolute Gasteiger partial charge is 0.142 e. The molecular weight excluding hydrogens is 238 g/mol. The summed E-state index contributed by atoms with van der Waals surface area (Å²) in [6.45, 7) is 4.63. The van der Waals surface area contributed by atoms with Crippen LogP contribution in [0.5, 0.6) is 0 Å². The maximum atomic E-state index is 11.0. The van der Waals surface area contributed by atoms with Crippen molar-refractivity contribution in [1.29, 1.82) is 0 Å². The second kappa shape index (κ2) is 8.32. The lowest BCUT2D eigenvalue weighted by Crippen LogP contribution is -2.30. The van der Waals surface area contributed by atoms with E-state index in [1.807, 2.05) is 24.3 Å². The molecule has 0 bridgehead atoms. The van der Waals surface area contributed by atoms with Gasteiger partial charge in [-0.25, -0.2) is 0 Å². The monoisotopic (exact) mass is 261 g/mol. The molecule has 1 rings (SSSR count). The van der Waals surface area contributed by atoms with Crippen LogP contribution in [0.15, 0.2) is 36.5 Å². The second-order valence-electron chi connectivity index (χ2n) is 4.69. The molecule has 0 saturated heterocycles. The Labute approximate surface area is 114 Å². The highest BCUT2D eigenvalue weighted by Crippen LogP contribution is 2.09. The van der Waals surface area contributed by atoms with Gasteiger partial charge in [0.05, 0.1) is 6.04 Å². The molecular formula is C15H23N3O. The lowest BCUT2D eigenvalue weighted by Gasteiger charge is -2.16. The first kappa shape index (κ1) is 15.2. The van der Waals surface area contributed by atoms with E-state index in [1.54, 1.807) is 0 Å². The van der Waals surface area contributed by atoms with Crippen LogP contribution in [0.25, 0.3) is 0 Å². The molecule has 104 valence electrons. The number of carbonyl (C=O) groups excluding carboxylic acids is 1. The second-order valence-corrected chi connectivity index (χ2v) is 4.69. The first-order valence-electron chi connectivity index (χ1n) is 6.59. The Morgan fingerprint density at radius 2 is 2.00 bits per heavy atom. The highest BCUT2D eigenvalue weighted by atomic mass is 16.1. The molecule has 4 nitrogen and oxygen atoms in total. The Kier molecular flexibility index (Phi) is 6.68. The fourth-order valence-electron chi connectivity index (χ4n) is 1.88. The third-order valence-corrected chi connectivity index (χ3v) is 2.92. The van der Waals surface area contributed by atoms with Gasteiger partial charge in [0, 0.05) is 17.8 Å². The predicted octanol–water partition coefficient (Wildman–Crippen LogP) is 1.61. The van der Waals surface area contributed by atoms with Crippen LogP contribution < -0.4 is 16.8 Å². The largest absolute Gasteiger partial charge is 0.399 e. The normalized spacial score (nSPS) is 11.8. The standard InChI is InChI=1S/C15H23N3O/c1-12(10-13-5-7-14(17)8-6-13)18-15(11-19)4-2-3-9-16/h5-8,11,15,18H,1-4,9-10,16-17H2. The van der Waals surface area contributed by atoms with Gasteiger partial charge in [0.2, 0.25) is 0 Å². The van der Waals surface area contributed by atoms with Crippen LogP contribution in [0, 0.1) is 0 Å². The average molecular weight is 261 g/mol. The number of carbonyl (C=O) groups is 1. The average Bonchev–Trinajstić information content (AvgIpc) is 2.40. The van der Waals surface area contributed by atoms with Crippen LogP contribution in [0.1, 0.15) is 24.8 Å². The summed E-state index contributed by atoms with van der Waals surface area (Å²) in [4.78, 5) is 11.0. The van der Waals surface area contributed by atoms with Crippen molar-refractivity contribution in [3.05, 3.63) is 42.1 Å². The topological polar surface area (TPSA) is 81.1 Å². The third kappa shape index (κ3) is 6.06. The van der Waals surface area contributed by atoms with E-state index in [4.69, 9.17) is 11.5 Å². The molecule has 1 aromatic rings. The van der Waals surface area contributed by atoms with E-state index < -0.39 is 0 Å². The maximum Gasteiger partial charge on any atom is 0.142 e. The number of benzene rings is 1. The van der Waals surface area contributed by atoms with Gasteiger partial charge in [0.25, 0.3) is 0 Å². The summed E-state index contributed by atoms with van der Waals surface area (Å²) in [7, 11) is 0. The molecule has 0 aromatic heterocycles. The molecule has 0 spiro atoms. The zero-order valence-corrected chi connectivity index (χ0v) is 11.3. The Morgan fingerprint density at radius 3 is 2.58 bits per heavy atom. The molecule has 1 atom stereocenters. The summed E-state index contributed by atoms with van der Waals surface area (Å²) in [5, 5.41) is 3.15. The summed E-state index contributed by atoms with van der Waals surface area (Å²) < 4.78 is 0. The quantitative estimate of drug-likeness (QED) is 0.358. The summed E-state index contributed by atoms with van der Waals surface area (Å²) in [5.41, 5.74) is 13.8. The van der Waals surface area contributed by atoms with Crippen LogP contribution >= 0.6 is 0 Å². The number of nitrogens with one attached hydrogen (secondary N) is 1. The molecule has 1 unspecified atom stereocenters. The maximum absolute atomic E-state index is 11.0. The van der Waals surface area contributed by atoms with E-state index in [1.165, 1.54) is 0 Å². The van der Waals surface area contributed by atoms with Gasteiger partial charge in [-0.05, 0) is 43.5 Å². The minimum absolute atomic E-state index is 0.173. The van der Waals surface area contributed by atoms with E-state index in [0.717, 1.165) is 42.5 Å². The first-order chi connectivity index (χ1) is 9.15. The van der Waals surface area contributed by atoms with Crippen LogP contribution in [0.4, 0.5) is 5.69 Å². The fourth-order valence-corrected chi connectivity index (χ4v) is 1.88. The molecule has 0 amide bonds. The molecule has 0 aliphatic rings.